The Labute approximate surface area is 123 Å². The fraction of sp³-hybridized carbons (Fsp3) is 0.667. The van der Waals surface area contributed by atoms with Crippen LogP contribution in [0.3, 0.4) is 0 Å². The highest BCUT2D eigenvalue weighted by molar-refractivity contribution is 5.34. The van der Waals surface area contributed by atoms with E-state index >= 15 is 0 Å². The van der Waals surface area contributed by atoms with Gasteiger partial charge in [-0.2, -0.15) is 0 Å². The molecule has 2 nitrogen and oxygen atoms in total. The minimum absolute atomic E-state index is 0.459. The summed E-state index contributed by atoms with van der Waals surface area (Å²) in [4.78, 5) is 2.71. The van der Waals surface area contributed by atoms with E-state index in [9.17, 15) is 0 Å². The Balaban J connectivity index is 1.73. The fourth-order valence-electron chi connectivity index (χ4n) is 4.21. The molecule has 0 atom stereocenters. The molecule has 2 heteroatoms. The molecule has 20 heavy (non-hydrogen) atoms. The minimum Gasteiger partial charge on any atom is -0.330 e. The normalized spacial score (nSPS) is 21.9. The van der Waals surface area contributed by atoms with E-state index in [0.717, 1.165) is 6.54 Å². The monoisotopic (exact) mass is 272 g/mol. The predicted octanol–water partition coefficient (Wildman–Crippen LogP) is 3.00. The molecule has 2 aliphatic rings. The van der Waals surface area contributed by atoms with E-state index in [2.05, 4.69) is 29.2 Å². The highest BCUT2D eigenvalue weighted by atomic mass is 15.1. The van der Waals surface area contributed by atoms with Gasteiger partial charge in [0.2, 0.25) is 0 Å². The summed E-state index contributed by atoms with van der Waals surface area (Å²) in [7, 11) is 0. The van der Waals surface area contributed by atoms with Crippen molar-refractivity contribution in [2.24, 2.45) is 11.1 Å². The van der Waals surface area contributed by atoms with Crippen molar-refractivity contribution in [3.63, 3.8) is 0 Å². The maximum Gasteiger partial charge on any atom is 0.00444 e. The van der Waals surface area contributed by atoms with Gasteiger partial charge in [0.1, 0.15) is 0 Å². The van der Waals surface area contributed by atoms with E-state index in [1.807, 2.05) is 0 Å². The summed E-state index contributed by atoms with van der Waals surface area (Å²) in [5.74, 6) is 0. The number of likely N-dealkylation sites (tertiary alicyclic amines) is 1. The number of hydrogen-bond donors (Lipinski definition) is 1. The second-order valence-electron chi connectivity index (χ2n) is 6.85. The van der Waals surface area contributed by atoms with Crippen LogP contribution in [0.4, 0.5) is 0 Å². The average Bonchev–Trinajstić information content (AvgIpc) is 2.84. The van der Waals surface area contributed by atoms with E-state index in [-0.39, 0.29) is 0 Å². The molecule has 0 saturated carbocycles. The molecule has 1 aromatic carbocycles. The van der Waals surface area contributed by atoms with Crippen molar-refractivity contribution in [1.82, 2.24) is 4.90 Å². The Morgan fingerprint density at radius 3 is 2.25 bits per heavy atom. The van der Waals surface area contributed by atoms with E-state index in [1.165, 1.54) is 64.6 Å². The Morgan fingerprint density at radius 2 is 1.65 bits per heavy atom. The molecule has 1 aromatic rings. The van der Waals surface area contributed by atoms with Crippen LogP contribution in [0.5, 0.6) is 0 Å². The molecule has 110 valence electrons. The van der Waals surface area contributed by atoms with Crippen LogP contribution in [0.1, 0.15) is 43.2 Å². The zero-order valence-electron chi connectivity index (χ0n) is 12.6. The Morgan fingerprint density at radius 1 is 1.00 bits per heavy atom. The first-order chi connectivity index (χ1) is 9.81. The lowest BCUT2D eigenvalue weighted by molar-refractivity contribution is 0.125. The van der Waals surface area contributed by atoms with Crippen LogP contribution < -0.4 is 5.73 Å². The lowest BCUT2D eigenvalue weighted by atomic mass is 9.79. The molecule has 1 saturated heterocycles. The van der Waals surface area contributed by atoms with Gasteiger partial charge in [-0.3, -0.25) is 0 Å². The molecule has 1 fully saturated rings. The predicted molar refractivity (Wildman–Crippen MR) is 84.9 cm³/mol. The van der Waals surface area contributed by atoms with E-state index in [4.69, 9.17) is 5.73 Å². The summed E-state index contributed by atoms with van der Waals surface area (Å²) in [5, 5.41) is 0. The molecule has 1 heterocycles. The zero-order valence-corrected chi connectivity index (χ0v) is 12.6. The topological polar surface area (TPSA) is 29.3 Å². The maximum atomic E-state index is 5.79. The number of piperidine rings is 1. The zero-order chi connectivity index (χ0) is 13.8. The van der Waals surface area contributed by atoms with Crippen molar-refractivity contribution in [1.29, 1.82) is 0 Å². The molecular weight excluding hydrogens is 244 g/mol. The summed E-state index contributed by atoms with van der Waals surface area (Å²) in [6.07, 6.45) is 9.18. The quantitative estimate of drug-likeness (QED) is 0.893. The van der Waals surface area contributed by atoms with Crippen LogP contribution >= 0.6 is 0 Å². The van der Waals surface area contributed by atoms with Crippen LogP contribution in [0.15, 0.2) is 24.3 Å². The van der Waals surface area contributed by atoms with Gasteiger partial charge < -0.3 is 10.6 Å². The van der Waals surface area contributed by atoms with Gasteiger partial charge in [-0.25, -0.2) is 0 Å². The smallest absolute Gasteiger partial charge is 0.00444 e. The van der Waals surface area contributed by atoms with Crippen molar-refractivity contribution in [3.05, 3.63) is 35.4 Å². The molecule has 0 radical (unpaired) electrons. The van der Waals surface area contributed by atoms with E-state index in [1.54, 1.807) is 11.1 Å². The molecule has 0 unspecified atom stereocenters. The molecule has 0 aromatic heterocycles. The fourth-order valence-corrected chi connectivity index (χ4v) is 4.21. The number of nitrogens with two attached hydrogens (primary N) is 1. The molecule has 2 N–H and O–H groups in total. The van der Waals surface area contributed by atoms with Crippen molar-refractivity contribution < 1.29 is 0 Å². The van der Waals surface area contributed by atoms with Gasteiger partial charge in [0.05, 0.1) is 0 Å². The first-order valence-electron chi connectivity index (χ1n) is 8.31. The number of hydrogen-bond acceptors (Lipinski definition) is 2. The number of benzene rings is 1. The number of nitrogens with zero attached hydrogens (tertiary/aromatic N) is 1. The highest BCUT2D eigenvalue weighted by Crippen LogP contribution is 2.41. The summed E-state index contributed by atoms with van der Waals surface area (Å²) in [6, 6.07) is 9.04. The van der Waals surface area contributed by atoms with E-state index < -0.39 is 0 Å². The van der Waals surface area contributed by atoms with Crippen molar-refractivity contribution >= 4 is 0 Å². The second kappa shape index (κ2) is 6.28. The van der Waals surface area contributed by atoms with Crippen LogP contribution in [-0.4, -0.2) is 31.1 Å². The third-order valence-electron chi connectivity index (χ3n) is 5.17. The molecule has 1 aliphatic heterocycles. The largest absolute Gasteiger partial charge is 0.330 e. The first kappa shape index (κ1) is 14.1. The second-order valence-corrected chi connectivity index (χ2v) is 6.85. The summed E-state index contributed by atoms with van der Waals surface area (Å²) >= 11 is 0. The molecule has 0 spiro atoms. The van der Waals surface area contributed by atoms with Crippen LogP contribution in [0.2, 0.25) is 0 Å². The van der Waals surface area contributed by atoms with Gasteiger partial charge in [-0.05, 0) is 74.7 Å². The maximum absolute atomic E-state index is 5.79. The summed E-state index contributed by atoms with van der Waals surface area (Å²) < 4.78 is 0. The average molecular weight is 272 g/mol. The van der Waals surface area contributed by atoms with Gasteiger partial charge in [0.25, 0.3) is 0 Å². The van der Waals surface area contributed by atoms with Crippen LogP contribution in [0, 0.1) is 5.41 Å². The Kier molecular flexibility index (Phi) is 4.42. The molecule has 1 aliphatic carbocycles. The van der Waals surface area contributed by atoms with Crippen molar-refractivity contribution in [3.8, 4) is 0 Å². The van der Waals surface area contributed by atoms with Gasteiger partial charge in [-0.15, -0.1) is 0 Å². The third kappa shape index (κ3) is 3.07. The Hall–Kier alpha value is -0.860. The van der Waals surface area contributed by atoms with Gasteiger partial charge >= 0.3 is 0 Å². The number of rotatable bonds is 5. The third-order valence-corrected chi connectivity index (χ3v) is 5.17. The first-order valence-corrected chi connectivity index (χ1v) is 8.31. The standard InChI is InChI=1S/C18H28N2/c19-10-6-9-18(15-20-11-4-1-5-12-20)13-16-7-2-3-8-17(16)14-18/h2-3,7-8H,1,4-6,9-15,19H2. The molecule has 3 rings (SSSR count). The lowest BCUT2D eigenvalue weighted by Gasteiger charge is -2.37. The minimum atomic E-state index is 0.459. The van der Waals surface area contributed by atoms with Crippen LogP contribution in [0.25, 0.3) is 0 Å². The molecular formula is C18H28N2. The van der Waals surface area contributed by atoms with Crippen molar-refractivity contribution in [2.75, 3.05) is 26.2 Å². The summed E-state index contributed by atoms with van der Waals surface area (Å²) in [5.41, 5.74) is 9.42. The summed E-state index contributed by atoms with van der Waals surface area (Å²) in [6.45, 7) is 4.72. The lowest BCUT2D eigenvalue weighted by Crippen LogP contribution is -2.41. The van der Waals surface area contributed by atoms with E-state index in [0.29, 0.717) is 5.41 Å². The van der Waals surface area contributed by atoms with Gasteiger partial charge in [0.15, 0.2) is 0 Å². The van der Waals surface area contributed by atoms with Crippen molar-refractivity contribution in [2.45, 2.75) is 44.9 Å². The Bertz CT molecular complexity index is 410. The highest BCUT2D eigenvalue weighted by Gasteiger charge is 2.38. The van der Waals surface area contributed by atoms with Gasteiger partial charge in [-0.1, -0.05) is 30.7 Å². The van der Waals surface area contributed by atoms with Gasteiger partial charge in [0, 0.05) is 6.54 Å². The number of fused-ring (bicyclic) bond motifs is 1. The SMILES string of the molecule is NCCCC1(CN2CCCCC2)Cc2ccccc2C1. The molecule has 0 bridgehead atoms. The molecule has 0 amide bonds. The van der Waals surface area contributed by atoms with Crippen LogP contribution in [-0.2, 0) is 12.8 Å².